The Bertz CT molecular complexity index is 458. The van der Waals surface area contributed by atoms with Gasteiger partial charge in [-0.2, -0.15) is 0 Å². The fourth-order valence-electron chi connectivity index (χ4n) is 4.81. The van der Waals surface area contributed by atoms with Crippen molar-refractivity contribution >= 4 is 11.9 Å². The van der Waals surface area contributed by atoms with E-state index in [4.69, 9.17) is 18.9 Å². The largest absolute Gasteiger partial charge is 0.466 e. The van der Waals surface area contributed by atoms with Gasteiger partial charge < -0.3 is 18.9 Å². The molecule has 0 aromatic heterocycles. The Labute approximate surface area is 143 Å². The lowest BCUT2D eigenvalue weighted by Crippen LogP contribution is -2.45. The molecule has 5 unspecified atom stereocenters. The third-order valence-corrected chi connectivity index (χ3v) is 5.70. The molecule has 1 aliphatic heterocycles. The second-order valence-corrected chi connectivity index (χ2v) is 7.00. The predicted octanol–water partition coefficient (Wildman–Crippen LogP) is 2.15. The average molecular weight is 340 g/mol. The van der Waals surface area contributed by atoms with E-state index in [0.717, 1.165) is 19.3 Å². The maximum Gasteiger partial charge on any atom is 0.315 e. The molecule has 6 nitrogen and oxygen atoms in total. The molecule has 1 heterocycles. The molecule has 0 aromatic carbocycles. The van der Waals surface area contributed by atoms with Crippen LogP contribution < -0.4 is 0 Å². The van der Waals surface area contributed by atoms with Crippen molar-refractivity contribution in [3.05, 3.63) is 0 Å². The standard InChI is InChI=1S/C18H28O6/c1-3-21-16(19)14(13-10-11-5-6-12(13)9-11)15(17(20)22-4-2)18-23-7-8-24-18/h11-15,18H,3-10H2,1-2H3. The number of carbonyl (C=O) groups is 2. The van der Waals surface area contributed by atoms with Crippen LogP contribution in [0.5, 0.6) is 0 Å². The molecule has 3 rings (SSSR count). The summed E-state index contributed by atoms with van der Waals surface area (Å²) in [5.74, 6) is -0.686. The maximum absolute atomic E-state index is 12.8. The van der Waals surface area contributed by atoms with Crippen LogP contribution in [0.1, 0.15) is 39.5 Å². The van der Waals surface area contributed by atoms with Crippen molar-refractivity contribution < 1.29 is 28.5 Å². The van der Waals surface area contributed by atoms with Gasteiger partial charge in [-0.15, -0.1) is 0 Å². The van der Waals surface area contributed by atoms with Crippen LogP contribution in [-0.4, -0.2) is 44.7 Å². The zero-order valence-corrected chi connectivity index (χ0v) is 14.6. The second-order valence-electron chi connectivity index (χ2n) is 7.00. The van der Waals surface area contributed by atoms with E-state index in [2.05, 4.69) is 0 Å². The zero-order valence-electron chi connectivity index (χ0n) is 14.6. The summed E-state index contributed by atoms with van der Waals surface area (Å²) in [5, 5.41) is 0. The van der Waals surface area contributed by atoms with Gasteiger partial charge in [0.05, 0.1) is 32.3 Å². The van der Waals surface area contributed by atoms with Crippen molar-refractivity contribution in [3.63, 3.8) is 0 Å². The van der Waals surface area contributed by atoms with Gasteiger partial charge in [0.15, 0.2) is 6.29 Å². The van der Waals surface area contributed by atoms with E-state index in [-0.39, 0.29) is 18.5 Å². The number of hydrogen-bond acceptors (Lipinski definition) is 6. The average Bonchev–Trinajstić information content (AvgIpc) is 3.30. The molecule has 0 N–H and O–H groups in total. The van der Waals surface area contributed by atoms with Gasteiger partial charge in [-0.05, 0) is 50.9 Å². The monoisotopic (exact) mass is 340 g/mol. The van der Waals surface area contributed by atoms with Gasteiger partial charge in [0, 0.05) is 0 Å². The highest BCUT2D eigenvalue weighted by Crippen LogP contribution is 2.53. The van der Waals surface area contributed by atoms with Crippen LogP contribution in [0.15, 0.2) is 0 Å². The Morgan fingerprint density at radius 3 is 2.08 bits per heavy atom. The highest BCUT2D eigenvalue weighted by molar-refractivity contribution is 5.83. The highest BCUT2D eigenvalue weighted by Gasteiger charge is 2.53. The Kier molecular flexibility index (Phi) is 5.76. The van der Waals surface area contributed by atoms with Crippen LogP contribution in [0.3, 0.4) is 0 Å². The number of hydrogen-bond donors (Lipinski definition) is 0. The molecule has 136 valence electrons. The van der Waals surface area contributed by atoms with Crippen LogP contribution in [0.2, 0.25) is 0 Å². The molecule has 2 bridgehead atoms. The maximum atomic E-state index is 12.8. The third kappa shape index (κ3) is 3.45. The Morgan fingerprint density at radius 2 is 1.58 bits per heavy atom. The lowest BCUT2D eigenvalue weighted by Gasteiger charge is -2.35. The molecule has 0 aromatic rings. The molecule has 24 heavy (non-hydrogen) atoms. The SMILES string of the molecule is CCOC(=O)C(C1OCCO1)C(C(=O)OCC)C1CC2CCC1C2. The topological polar surface area (TPSA) is 71.1 Å². The van der Waals surface area contributed by atoms with E-state index in [0.29, 0.717) is 31.7 Å². The number of ether oxygens (including phenoxy) is 4. The van der Waals surface area contributed by atoms with Crippen LogP contribution in [0, 0.1) is 29.6 Å². The first-order valence-corrected chi connectivity index (χ1v) is 9.22. The lowest BCUT2D eigenvalue weighted by atomic mass is 9.73. The molecule has 2 aliphatic carbocycles. The minimum Gasteiger partial charge on any atom is -0.466 e. The Morgan fingerprint density at radius 1 is 0.958 bits per heavy atom. The number of carbonyl (C=O) groups excluding carboxylic acids is 2. The molecule has 3 aliphatic rings. The Balaban J connectivity index is 1.87. The molecule has 6 heteroatoms. The van der Waals surface area contributed by atoms with Crippen molar-refractivity contribution in [2.75, 3.05) is 26.4 Å². The van der Waals surface area contributed by atoms with Gasteiger partial charge in [-0.25, -0.2) is 0 Å². The number of rotatable bonds is 7. The molecule has 1 saturated heterocycles. The first kappa shape index (κ1) is 17.7. The summed E-state index contributed by atoms with van der Waals surface area (Å²) in [6, 6.07) is 0. The summed E-state index contributed by atoms with van der Waals surface area (Å²) < 4.78 is 21.8. The van der Waals surface area contributed by atoms with Crippen LogP contribution in [-0.2, 0) is 28.5 Å². The van der Waals surface area contributed by atoms with Crippen LogP contribution in [0.25, 0.3) is 0 Å². The normalized spacial score (nSPS) is 31.8. The molecule has 0 radical (unpaired) electrons. The summed E-state index contributed by atoms with van der Waals surface area (Å²) in [4.78, 5) is 25.4. The second kappa shape index (κ2) is 7.83. The molecule has 0 amide bonds. The van der Waals surface area contributed by atoms with Crippen LogP contribution >= 0.6 is 0 Å². The molecular weight excluding hydrogens is 312 g/mol. The summed E-state index contributed by atoms with van der Waals surface area (Å²) in [5.41, 5.74) is 0. The van der Waals surface area contributed by atoms with Gasteiger partial charge in [-0.3, -0.25) is 9.59 Å². The molecule has 2 saturated carbocycles. The van der Waals surface area contributed by atoms with Gasteiger partial charge in [0.1, 0.15) is 5.92 Å². The molecule has 0 spiro atoms. The highest BCUT2D eigenvalue weighted by atomic mass is 16.7. The molecule has 3 fully saturated rings. The first-order valence-electron chi connectivity index (χ1n) is 9.22. The van der Waals surface area contributed by atoms with Crippen LogP contribution in [0.4, 0.5) is 0 Å². The van der Waals surface area contributed by atoms with E-state index in [1.165, 1.54) is 6.42 Å². The van der Waals surface area contributed by atoms with Crippen molar-refractivity contribution in [1.82, 2.24) is 0 Å². The van der Waals surface area contributed by atoms with Crippen molar-refractivity contribution in [3.8, 4) is 0 Å². The first-order chi connectivity index (χ1) is 11.7. The quantitative estimate of drug-likeness (QED) is 0.661. The molecular formula is C18H28O6. The fourth-order valence-corrected chi connectivity index (χ4v) is 4.81. The minimum absolute atomic E-state index is 0.157. The van der Waals surface area contributed by atoms with Gasteiger partial charge in [0.2, 0.25) is 0 Å². The lowest BCUT2D eigenvalue weighted by molar-refractivity contribution is -0.183. The van der Waals surface area contributed by atoms with Gasteiger partial charge >= 0.3 is 11.9 Å². The van der Waals surface area contributed by atoms with E-state index in [9.17, 15) is 9.59 Å². The van der Waals surface area contributed by atoms with E-state index < -0.39 is 24.1 Å². The van der Waals surface area contributed by atoms with E-state index >= 15 is 0 Å². The van der Waals surface area contributed by atoms with E-state index in [1.54, 1.807) is 13.8 Å². The van der Waals surface area contributed by atoms with Crippen molar-refractivity contribution in [1.29, 1.82) is 0 Å². The smallest absolute Gasteiger partial charge is 0.315 e. The number of esters is 2. The number of fused-ring (bicyclic) bond motifs is 2. The summed E-state index contributed by atoms with van der Waals surface area (Å²) in [6.45, 7) is 5.01. The predicted molar refractivity (Wildman–Crippen MR) is 84.9 cm³/mol. The van der Waals surface area contributed by atoms with E-state index in [1.807, 2.05) is 0 Å². The van der Waals surface area contributed by atoms with Crippen molar-refractivity contribution in [2.24, 2.45) is 29.6 Å². The summed E-state index contributed by atoms with van der Waals surface area (Å²) in [7, 11) is 0. The third-order valence-electron chi connectivity index (χ3n) is 5.70. The minimum atomic E-state index is -0.740. The van der Waals surface area contributed by atoms with Gasteiger partial charge in [0.25, 0.3) is 0 Å². The van der Waals surface area contributed by atoms with Crippen molar-refractivity contribution in [2.45, 2.75) is 45.8 Å². The zero-order chi connectivity index (χ0) is 17.1. The summed E-state index contributed by atoms with van der Waals surface area (Å²) >= 11 is 0. The van der Waals surface area contributed by atoms with Gasteiger partial charge in [-0.1, -0.05) is 6.42 Å². The Hall–Kier alpha value is -1.14. The summed E-state index contributed by atoms with van der Waals surface area (Å²) in [6.07, 6.45) is 3.79. The fraction of sp³-hybridized carbons (Fsp3) is 0.889. The molecule has 5 atom stereocenters.